The zero-order valence-electron chi connectivity index (χ0n) is 14.5. The van der Waals surface area contributed by atoms with Crippen LogP contribution in [-0.2, 0) is 11.3 Å². The van der Waals surface area contributed by atoms with Gasteiger partial charge in [0, 0.05) is 28.8 Å². The zero-order chi connectivity index (χ0) is 17.4. The molecule has 3 nitrogen and oxygen atoms in total. The Hall–Kier alpha value is -1.46. The Labute approximate surface area is 151 Å². The lowest BCUT2D eigenvalue weighted by molar-refractivity contribution is 0.0910. The van der Waals surface area contributed by atoms with Crippen molar-refractivity contribution in [2.24, 2.45) is 11.8 Å². The topological polar surface area (TPSA) is 38.3 Å². The van der Waals surface area contributed by atoms with Crippen LogP contribution < -0.4 is 5.32 Å². The number of halogens is 1. The van der Waals surface area contributed by atoms with E-state index < -0.39 is 0 Å². The summed E-state index contributed by atoms with van der Waals surface area (Å²) in [6.07, 6.45) is 7.38. The molecule has 2 fully saturated rings. The van der Waals surface area contributed by atoms with Crippen LogP contribution in [0.5, 0.6) is 0 Å². The molecule has 25 heavy (non-hydrogen) atoms. The van der Waals surface area contributed by atoms with Crippen molar-refractivity contribution in [2.45, 2.75) is 51.2 Å². The second-order valence-corrected chi connectivity index (χ2v) is 8.44. The van der Waals surface area contributed by atoms with Crippen LogP contribution in [0.4, 0.5) is 4.39 Å². The van der Waals surface area contributed by atoms with E-state index in [9.17, 15) is 9.18 Å². The SMILES string of the molecule is COCc1c(C(=O)N[C@@H]2CC[C@@H]3CCC[C@@H]3C2)sc2cccc(F)c12. The molecular formula is C20H24FNO2S. The van der Waals surface area contributed by atoms with Crippen LogP contribution in [0.1, 0.15) is 53.8 Å². The molecular weight excluding hydrogens is 337 g/mol. The van der Waals surface area contributed by atoms with Crippen LogP contribution in [0.15, 0.2) is 18.2 Å². The van der Waals surface area contributed by atoms with Crippen LogP contribution in [-0.4, -0.2) is 19.1 Å². The first-order valence-corrected chi connectivity index (χ1v) is 9.98. The first-order valence-electron chi connectivity index (χ1n) is 9.17. The summed E-state index contributed by atoms with van der Waals surface area (Å²) in [4.78, 5) is 13.5. The standard InChI is InChI=1S/C20H24FNO2S/c1-24-11-15-18-16(21)6-3-7-17(18)25-19(15)20(23)22-14-9-8-12-4-2-5-13(12)10-14/h3,6-7,12-14H,2,4-5,8-11H2,1H3,(H,22,23)/t12-,13+,14+/m0/s1. The average molecular weight is 361 g/mol. The van der Waals surface area contributed by atoms with Gasteiger partial charge < -0.3 is 10.1 Å². The molecule has 2 aromatic rings. The van der Waals surface area contributed by atoms with Gasteiger partial charge in [0.05, 0.1) is 11.5 Å². The number of carbonyl (C=O) groups excluding carboxylic acids is 1. The Morgan fingerprint density at radius 1 is 1.28 bits per heavy atom. The average Bonchev–Trinajstić information content (AvgIpc) is 3.20. The van der Waals surface area contributed by atoms with Crippen LogP contribution >= 0.6 is 11.3 Å². The van der Waals surface area contributed by atoms with Gasteiger partial charge in [-0.3, -0.25) is 4.79 Å². The maximum Gasteiger partial charge on any atom is 0.261 e. The van der Waals surface area contributed by atoms with E-state index in [1.165, 1.54) is 43.1 Å². The largest absolute Gasteiger partial charge is 0.380 e. The molecule has 0 aliphatic heterocycles. The van der Waals surface area contributed by atoms with E-state index in [1.54, 1.807) is 13.2 Å². The number of benzene rings is 1. The molecule has 134 valence electrons. The predicted molar refractivity (Wildman–Crippen MR) is 98.4 cm³/mol. The fraction of sp³-hybridized carbons (Fsp3) is 0.550. The number of hydrogen-bond acceptors (Lipinski definition) is 3. The van der Waals surface area contributed by atoms with Crippen LogP contribution in [0, 0.1) is 17.7 Å². The van der Waals surface area contributed by atoms with Crippen molar-refractivity contribution in [1.29, 1.82) is 0 Å². The fourth-order valence-electron chi connectivity index (χ4n) is 4.72. The third-order valence-corrected chi connectivity index (χ3v) is 7.08. The van der Waals surface area contributed by atoms with E-state index in [1.807, 2.05) is 6.07 Å². The number of rotatable bonds is 4. The molecule has 3 atom stereocenters. The Balaban J connectivity index is 1.57. The quantitative estimate of drug-likeness (QED) is 0.842. The van der Waals surface area contributed by atoms with Crippen LogP contribution in [0.25, 0.3) is 10.1 Å². The highest BCUT2D eigenvalue weighted by Gasteiger charge is 2.34. The number of carbonyl (C=O) groups is 1. The Kier molecular flexibility index (Phi) is 4.78. The summed E-state index contributed by atoms with van der Waals surface area (Å²) in [7, 11) is 1.58. The number of amides is 1. The van der Waals surface area contributed by atoms with Crippen molar-refractivity contribution in [3.63, 3.8) is 0 Å². The predicted octanol–water partition coefficient (Wildman–Crippen LogP) is 4.89. The van der Waals surface area contributed by atoms with Gasteiger partial charge in [0.15, 0.2) is 0 Å². The van der Waals surface area contributed by atoms with Crippen molar-refractivity contribution < 1.29 is 13.9 Å². The second kappa shape index (κ2) is 7.04. The summed E-state index contributed by atoms with van der Waals surface area (Å²) in [5.41, 5.74) is 0.674. The molecule has 2 saturated carbocycles. The third-order valence-electron chi connectivity index (χ3n) is 5.88. The summed E-state index contributed by atoms with van der Waals surface area (Å²) in [5, 5.41) is 3.75. The van der Waals surface area contributed by atoms with Crippen molar-refractivity contribution in [3.05, 3.63) is 34.5 Å². The summed E-state index contributed by atoms with van der Waals surface area (Å²) in [5.74, 6) is 1.29. The number of ether oxygens (including phenoxy) is 1. The Bertz CT molecular complexity index is 787. The van der Waals surface area contributed by atoms with Gasteiger partial charge in [-0.1, -0.05) is 25.3 Å². The minimum absolute atomic E-state index is 0.0749. The van der Waals surface area contributed by atoms with Crippen molar-refractivity contribution >= 4 is 27.3 Å². The first-order chi connectivity index (χ1) is 12.2. The van der Waals surface area contributed by atoms with Gasteiger partial charge in [-0.15, -0.1) is 11.3 Å². The molecule has 4 rings (SSSR count). The van der Waals surface area contributed by atoms with Gasteiger partial charge in [-0.05, 0) is 43.2 Å². The highest BCUT2D eigenvalue weighted by atomic mass is 32.1. The fourth-order valence-corrected chi connectivity index (χ4v) is 5.84. The van der Waals surface area contributed by atoms with E-state index in [0.717, 1.165) is 29.4 Å². The Morgan fingerprint density at radius 2 is 2.12 bits per heavy atom. The van der Waals surface area contributed by atoms with Crippen LogP contribution in [0.3, 0.4) is 0 Å². The molecule has 5 heteroatoms. The highest BCUT2D eigenvalue weighted by Crippen LogP contribution is 2.42. The monoisotopic (exact) mass is 361 g/mol. The summed E-state index contributed by atoms with van der Waals surface area (Å²) >= 11 is 1.36. The number of nitrogens with one attached hydrogen (secondary N) is 1. The lowest BCUT2D eigenvalue weighted by Crippen LogP contribution is -2.39. The molecule has 0 radical (unpaired) electrons. The molecule has 1 aromatic heterocycles. The molecule has 0 bridgehead atoms. The lowest BCUT2D eigenvalue weighted by atomic mass is 9.79. The van der Waals surface area contributed by atoms with Crippen molar-refractivity contribution in [1.82, 2.24) is 5.32 Å². The molecule has 2 aliphatic rings. The minimum atomic E-state index is -0.286. The van der Waals surface area contributed by atoms with Gasteiger partial charge >= 0.3 is 0 Å². The molecule has 1 N–H and O–H groups in total. The molecule has 2 aliphatic carbocycles. The zero-order valence-corrected chi connectivity index (χ0v) is 15.3. The smallest absolute Gasteiger partial charge is 0.261 e. The second-order valence-electron chi connectivity index (χ2n) is 7.39. The van der Waals surface area contributed by atoms with E-state index in [-0.39, 0.29) is 24.4 Å². The molecule has 0 saturated heterocycles. The Morgan fingerprint density at radius 3 is 2.96 bits per heavy atom. The summed E-state index contributed by atoms with van der Waals surface area (Å²) in [6.45, 7) is 0.249. The van der Waals surface area contributed by atoms with Gasteiger partial charge in [0.2, 0.25) is 0 Å². The van der Waals surface area contributed by atoms with E-state index in [0.29, 0.717) is 15.8 Å². The van der Waals surface area contributed by atoms with E-state index >= 15 is 0 Å². The maximum atomic E-state index is 14.3. The number of thiophene rings is 1. The molecule has 1 amide bonds. The van der Waals surface area contributed by atoms with Gasteiger partial charge in [0.1, 0.15) is 5.82 Å². The van der Waals surface area contributed by atoms with Gasteiger partial charge in [-0.2, -0.15) is 0 Å². The first kappa shape index (κ1) is 17.0. The number of methoxy groups -OCH3 is 1. The van der Waals surface area contributed by atoms with Gasteiger partial charge in [-0.25, -0.2) is 4.39 Å². The molecule has 1 heterocycles. The molecule has 1 aromatic carbocycles. The van der Waals surface area contributed by atoms with E-state index in [2.05, 4.69) is 5.32 Å². The summed E-state index contributed by atoms with van der Waals surface area (Å²) < 4.78 is 20.3. The lowest BCUT2D eigenvalue weighted by Gasteiger charge is -2.32. The van der Waals surface area contributed by atoms with Gasteiger partial charge in [0.25, 0.3) is 5.91 Å². The van der Waals surface area contributed by atoms with Crippen molar-refractivity contribution in [2.75, 3.05) is 7.11 Å². The number of fused-ring (bicyclic) bond motifs is 2. The third kappa shape index (κ3) is 3.20. The normalized spacial score (nSPS) is 25.9. The summed E-state index contributed by atoms with van der Waals surface area (Å²) in [6, 6.07) is 5.24. The van der Waals surface area contributed by atoms with Crippen LogP contribution in [0.2, 0.25) is 0 Å². The molecule has 0 spiro atoms. The minimum Gasteiger partial charge on any atom is -0.380 e. The highest BCUT2D eigenvalue weighted by molar-refractivity contribution is 7.21. The number of hydrogen-bond donors (Lipinski definition) is 1. The molecule has 0 unspecified atom stereocenters. The maximum absolute atomic E-state index is 14.3. The van der Waals surface area contributed by atoms with Crippen molar-refractivity contribution in [3.8, 4) is 0 Å². The van der Waals surface area contributed by atoms with E-state index in [4.69, 9.17) is 4.74 Å².